The molecule has 1 heterocycles. The first kappa shape index (κ1) is 12.3. The van der Waals surface area contributed by atoms with E-state index < -0.39 is 0 Å². The molecule has 96 valence electrons. The van der Waals surface area contributed by atoms with Crippen molar-refractivity contribution in [3.05, 3.63) is 60.6 Å². The van der Waals surface area contributed by atoms with E-state index in [-0.39, 0.29) is 0 Å². The van der Waals surface area contributed by atoms with E-state index in [9.17, 15) is 0 Å². The van der Waals surface area contributed by atoms with Gasteiger partial charge in [-0.15, -0.1) is 0 Å². The molecule has 3 aromatic rings. The Hall–Kier alpha value is -2.73. The van der Waals surface area contributed by atoms with Gasteiger partial charge < -0.3 is 0 Å². The summed E-state index contributed by atoms with van der Waals surface area (Å²) in [4.78, 5) is 8.73. The van der Waals surface area contributed by atoms with Gasteiger partial charge in [-0.2, -0.15) is 5.26 Å². The van der Waals surface area contributed by atoms with Crippen LogP contribution >= 0.6 is 0 Å². The molecule has 0 amide bonds. The second-order valence-corrected chi connectivity index (χ2v) is 4.58. The third-order valence-electron chi connectivity index (χ3n) is 3.21. The summed E-state index contributed by atoms with van der Waals surface area (Å²) in [5, 5.41) is 11.0. The van der Waals surface area contributed by atoms with Gasteiger partial charge in [-0.05, 0) is 22.9 Å². The van der Waals surface area contributed by atoms with Crippen LogP contribution in [0.1, 0.15) is 12.2 Å². The van der Waals surface area contributed by atoms with Crippen LogP contribution in [0, 0.1) is 11.3 Å². The second kappa shape index (κ2) is 5.50. The van der Waals surface area contributed by atoms with Gasteiger partial charge >= 0.3 is 0 Å². The van der Waals surface area contributed by atoms with Crippen molar-refractivity contribution in [2.75, 3.05) is 0 Å². The van der Waals surface area contributed by atoms with Crippen molar-refractivity contribution in [1.29, 1.82) is 5.26 Å². The van der Waals surface area contributed by atoms with E-state index in [4.69, 9.17) is 5.26 Å². The highest BCUT2D eigenvalue weighted by Crippen LogP contribution is 2.22. The van der Waals surface area contributed by atoms with Crippen LogP contribution in [-0.4, -0.2) is 9.97 Å². The molecule has 0 radical (unpaired) electrons. The molecule has 3 nitrogen and oxygen atoms in total. The van der Waals surface area contributed by atoms with Crippen LogP contribution in [0.25, 0.3) is 22.0 Å². The minimum atomic E-state index is 0.446. The number of nitriles is 1. The minimum Gasteiger partial charge on any atom is -0.241 e. The average molecular weight is 259 g/mol. The van der Waals surface area contributed by atoms with Crippen molar-refractivity contribution < 1.29 is 0 Å². The van der Waals surface area contributed by atoms with E-state index in [1.807, 2.05) is 18.2 Å². The zero-order valence-electron chi connectivity index (χ0n) is 11.0. The van der Waals surface area contributed by atoms with Crippen LogP contribution < -0.4 is 0 Å². The summed E-state index contributed by atoms with van der Waals surface area (Å²) in [6, 6.07) is 18.6. The van der Waals surface area contributed by atoms with Crippen molar-refractivity contribution in [2.45, 2.75) is 12.8 Å². The van der Waals surface area contributed by atoms with E-state index >= 15 is 0 Å². The monoisotopic (exact) mass is 259 g/mol. The van der Waals surface area contributed by atoms with Gasteiger partial charge in [-0.3, -0.25) is 0 Å². The molecule has 0 spiro atoms. The van der Waals surface area contributed by atoms with E-state index in [0.29, 0.717) is 12.8 Å². The van der Waals surface area contributed by atoms with Gasteiger partial charge in [0, 0.05) is 24.6 Å². The first-order valence-electron chi connectivity index (χ1n) is 6.55. The maximum Gasteiger partial charge on any atom is 0.129 e. The molecule has 0 fully saturated rings. The highest BCUT2D eigenvalue weighted by molar-refractivity contribution is 5.86. The molecule has 0 atom stereocenters. The SMILES string of the molecule is N#CCCc1nccc(-c2ccc3ccccc3c2)n1. The normalized spacial score (nSPS) is 10.3. The molecule has 0 N–H and O–H groups in total. The summed E-state index contributed by atoms with van der Waals surface area (Å²) >= 11 is 0. The number of benzene rings is 2. The Morgan fingerprint density at radius 3 is 2.70 bits per heavy atom. The molecule has 0 aliphatic heterocycles. The van der Waals surface area contributed by atoms with Crippen LogP contribution in [0.4, 0.5) is 0 Å². The quantitative estimate of drug-likeness (QED) is 0.719. The van der Waals surface area contributed by atoms with E-state index in [1.165, 1.54) is 10.8 Å². The summed E-state index contributed by atoms with van der Waals surface area (Å²) in [6.07, 6.45) is 2.79. The summed E-state index contributed by atoms with van der Waals surface area (Å²) in [5.41, 5.74) is 1.98. The largest absolute Gasteiger partial charge is 0.241 e. The zero-order valence-corrected chi connectivity index (χ0v) is 11.0. The first-order chi connectivity index (χ1) is 9.86. The predicted octanol–water partition coefficient (Wildman–Crippen LogP) is 3.75. The summed E-state index contributed by atoms with van der Waals surface area (Å²) in [6.45, 7) is 0. The molecule has 0 saturated carbocycles. The Labute approximate surface area is 117 Å². The lowest BCUT2D eigenvalue weighted by atomic mass is 10.0. The molecule has 0 bridgehead atoms. The standard InChI is InChI=1S/C17H13N3/c18-10-3-6-17-19-11-9-16(20-17)15-8-7-13-4-1-2-5-14(13)12-15/h1-2,4-5,7-9,11-12H,3,6H2. The number of rotatable bonds is 3. The van der Waals surface area contributed by atoms with Gasteiger partial charge in [0.2, 0.25) is 0 Å². The lowest BCUT2D eigenvalue weighted by Crippen LogP contribution is -1.95. The summed E-state index contributed by atoms with van der Waals surface area (Å²) in [7, 11) is 0. The number of hydrogen-bond donors (Lipinski definition) is 0. The lowest BCUT2D eigenvalue weighted by Gasteiger charge is -2.04. The van der Waals surface area contributed by atoms with Crippen molar-refractivity contribution in [3.63, 3.8) is 0 Å². The lowest BCUT2D eigenvalue weighted by molar-refractivity contribution is 0.887. The number of hydrogen-bond acceptors (Lipinski definition) is 3. The Morgan fingerprint density at radius 2 is 1.85 bits per heavy atom. The number of fused-ring (bicyclic) bond motifs is 1. The molecule has 20 heavy (non-hydrogen) atoms. The summed E-state index contributed by atoms with van der Waals surface area (Å²) < 4.78 is 0. The second-order valence-electron chi connectivity index (χ2n) is 4.58. The minimum absolute atomic E-state index is 0.446. The number of aryl methyl sites for hydroxylation is 1. The fraction of sp³-hybridized carbons (Fsp3) is 0.118. The van der Waals surface area contributed by atoms with Crippen LogP contribution in [0.3, 0.4) is 0 Å². The number of nitrogens with zero attached hydrogens (tertiary/aromatic N) is 3. The van der Waals surface area contributed by atoms with Crippen LogP contribution in [0.15, 0.2) is 54.7 Å². The van der Waals surface area contributed by atoms with E-state index in [1.54, 1.807) is 6.20 Å². The van der Waals surface area contributed by atoms with Crippen LogP contribution in [0.2, 0.25) is 0 Å². The predicted molar refractivity (Wildman–Crippen MR) is 78.9 cm³/mol. The molecular formula is C17H13N3. The van der Waals surface area contributed by atoms with Gasteiger partial charge in [0.1, 0.15) is 5.82 Å². The van der Waals surface area contributed by atoms with E-state index in [0.717, 1.165) is 17.1 Å². The molecule has 0 aliphatic rings. The Kier molecular flexibility index (Phi) is 3.38. The maximum absolute atomic E-state index is 8.63. The van der Waals surface area contributed by atoms with Gasteiger partial charge in [-0.1, -0.05) is 36.4 Å². The Morgan fingerprint density at radius 1 is 1.00 bits per heavy atom. The highest BCUT2D eigenvalue weighted by atomic mass is 14.9. The van der Waals surface area contributed by atoms with Crippen molar-refractivity contribution in [1.82, 2.24) is 9.97 Å². The fourth-order valence-electron chi connectivity index (χ4n) is 2.20. The highest BCUT2D eigenvalue weighted by Gasteiger charge is 2.03. The zero-order chi connectivity index (χ0) is 13.8. The fourth-order valence-corrected chi connectivity index (χ4v) is 2.20. The third kappa shape index (κ3) is 2.50. The van der Waals surface area contributed by atoms with Crippen LogP contribution in [0.5, 0.6) is 0 Å². The molecule has 2 aromatic carbocycles. The van der Waals surface area contributed by atoms with Crippen molar-refractivity contribution >= 4 is 10.8 Å². The molecule has 3 rings (SSSR count). The first-order valence-corrected chi connectivity index (χ1v) is 6.55. The molecule has 0 saturated heterocycles. The van der Waals surface area contributed by atoms with Crippen molar-refractivity contribution in [3.8, 4) is 17.3 Å². The molecule has 3 heteroatoms. The van der Waals surface area contributed by atoms with Gasteiger partial charge in [0.25, 0.3) is 0 Å². The molecule has 0 aliphatic carbocycles. The average Bonchev–Trinajstić information content (AvgIpc) is 2.53. The van der Waals surface area contributed by atoms with Crippen molar-refractivity contribution in [2.24, 2.45) is 0 Å². The maximum atomic E-state index is 8.63. The smallest absolute Gasteiger partial charge is 0.129 e. The molecule has 1 aromatic heterocycles. The molecule has 0 unspecified atom stereocenters. The topological polar surface area (TPSA) is 49.6 Å². The summed E-state index contributed by atoms with van der Waals surface area (Å²) in [5.74, 6) is 0.720. The van der Waals surface area contributed by atoms with Gasteiger partial charge in [0.15, 0.2) is 0 Å². The molecular weight excluding hydrogens is 246 g/mol. The van der Waals surface area contributed by atoms with E-state index in [2.05, 4.69) is 46.4 Å². The Bertz CT molecular complexity index is 787. The van der Waals surface area contributed by atoms with Crippen LogP contribution in [-0.2, 0) is 6.42 Å². The number of aromatic nitrogens is 2. The van der Waals surface area contributed by atoms with Gasteiger partial charge in [0.05, 0.1) is 11.8 Å². The third-order valence-corrected chi connectivity index (χ3v) is 3.21. The Balaban J connectivity index is 2.00. The van der Waals surface area contributed by atoms with Gasteiger partial charge in [-0.25, -0.2) is 9.97 Å².